The van der Waals surface area contributed by atoms with Crippen molar-refractivity contribution in [1.82, 2.24) is 25.1 Å². The molecule has 4 heterocycles. The molecule has 1 atom stereocenters. The molecule has 0 unspecified atom stereocenters. The molecule has 1 N–H and O–H groups in total. The van der Waals surface area contributed by atoms with Crippen molar-refractivity contribution in [2.45, 2.75) is 23.9 Å². The van der Waals surface area contributed by atoms with Crippen molar-refractivity contribution in [2.24, 2.45) is 0 Å². The molecule has 148 valence electrons. The molecule has 4 aromatic rings. The number of nitrogens with one attached hydrogen (secondary N) is 1. The van der Waals surface area contributed by atoms with Crippen LogP contribution in [0, 0.1) is 0 Å². The van der Waals surface area contributed by atoms with Crippen molar-refractivity contribution in [3.63, 3.8) is 0 Å². The third-order valence-electron chi connectivity index (χ3n) is 4.98. The van der Waals surface area contributed by atoms with Crippen LogP contribution in [0.5, 0.6) is 0 Å². The quantitative estimate of drug-likeness (QED) is 0.457. The Hall–Kier alpha value is -2.23. The van der Waals surface area contributed by atoms with Gasteiger partial charge in [-0.05, 0) is 36.4 Å². The normalized spacial score (nSPS) is 17.1. The van der Waals surface area contributed by atoms with Gasteiger partial charge in [-0.25, -0.2) is 9.97 Å². The van der Waals surface area contributed by atoms with E-state index in [0.29, 0.717) is 16.8 Å². The van der Waals surface area contributed by atoms with E-state index in [0.717, 1.165) is 47.2 Å². The minimum absolute atomic E-state index is 0.142. The summed E-state index contributed by atoms with van der Waals surface area (Å²) in [6, 6.07) is 12.2. The third kappa shape index (κ3) is 4.08. The van der Waals surface area contributed by atoms with Gasteiger partial charge in [0.05, 0.1) is 25.9 Å². The first-order chi connectivity index (χ1) is 14.3. The number of carbonyl (C=O) groups excluding carboxylic acids is 1. The maximum absolute atomic E-state index is 12.8. The molecule has 9 heteroatoms. The molecule has 1 aliphatic rings. The predicted octanol–water partition coefficient (Wildman–Crippen LogP) is 4.64. The summed E-state index contributed by atoms with van der Waals surface area (Å²) in [5.41, 5.74) is 1.05. The van der Waals surface area contributed by atoms with Crippen LogP contribution >= 0.6 is 34.4 Å². The number of likely N-dealkylation sites (tertiary alicyclic amines) is 1. The highest BCUT2D eigenvalue weighted by molar-refractivity contribution is 7.99. The molecule has 5 rings (SSSR count). The highest BCUT2D eigenvalue weighted by Crippen LogP contribution is 2.33. The molecule has 0 radical (unpaired) electrons. The highest BCUT2D eigenvalue weighted by Gasteiger charge is 2.27. The van der Waals surface area contributed by atoms with E-state index in [-0.39, 0.29) is 5.91 Å². The molecule has 1 fully saturated rings. The van der Waals surface area contributed by atoms with Gasteiger partial charge in [0.25, 0.3) is 0 Å². The van der Waals surface area contributed by atoms with Crippen LogP contribution in [-0.4, -0.2) is 49.8 Å². The molecule has 0 aliphatic carbocycles. The van der Waals surface area contributed by atoms with Crippen LogP contribution in [0.25, 0.3) is 20.9 Å². The number of nitrogens with zero attached hydrogens (tertiary/aromatic N) is 4. The number of hydrogen-bond acceptors (Lipinski definition) is 7. The number of aromatic nitrogens is 4. The van der Waals surface area contributed by atoms with Gasteiger partial charge in [0.15, 0.2) is 5.82 Å². The fraction of sp³-hybridized carbons (Fsp3) is 0.300. The Labute approximate surface area is 180 Å². The van der Waals surface area contributed by atoms with Gasteiger partial charge >= 0.3 is 0 Å². The van der Waals surface area contributed by atoms with Gasteiger partial charge < -0.3 is 4.90 Å². The Balaban J connectivity index is 1.21. The predicted molar refractivity (Wildman–Crippen MR) is 119 cm³/mol. The van der Waals surface area contributed by atoms with Crippen molar-refractivity contribution in [3.05, 3.63) is 46.8 Å². The monoisotopic (exact) mass is 441 g/mol. The average Bonchev–Trinajstić information content (AvgIpc) is 3.52. The van der Waals surface area contributed by atoms with E-state index in [9.17, 15) is 4.79 Å². The summed E-state index contributed by atoms with van der Waals surface area (Å²) in [6.45, 7) is 1.56. The van der Waals surface area contributed by atoms with Crippen LogP contribution in [0.4, 0.5) is 0 Å². The number of rotatable bonds is 5. The Bertz CT molecular complexity index is 1090. The summed E-state index contributed by atoms with van der Waals surface area (Å²) >= 11 is 4.75. The lowest BCUT2D eigenvalue weighted by atomic mass is 9.99. The summed E-state index contributed by atoms with van der Waals surface area (Å²) in [4.78, 5) is 25.1. The second-order valence-corrected chi connectivity index (χ2v) is 9.88. The van der Waals surface area contributed by atoms with Crippen molar-refractivity contribution in [1.29, 1.82) is 0 Å². The Kier molecular flexibility index (Phi) is 5.34. The van der Waals surface area contributed by atoms with Gasteiger partial charge in [-0.3, -0.25) is 9.89 Å². The number of amides is 1. The number of thiophene rings is 1. The van der Waals surface area contributed by atoms with E-state index in [1.807, 2.05) is 34.5 Å². The molecule has 3 aromatic heterocycles. The van der Waals surface area contributed by atoms with Crippen LogP contribution in [0.15, 0.2) is 46.9 Å². The molecule has 29 heavy (non-hydrogen) atoms. The first-order valence-corrected chi connectivity index (χ1v) is 12.2. The van der Waals surface area contributed by atoms with E-state index >= 15 is 0 Å². The minimum atomic E-state index is 0.142. The number of piperidine rings is 1. The molecular weight excluding hydrogens is 422 g/mol. The van der Waals surface area contributed by atoms with Gasteiger partial charge in [-0.2, -0.15) is 0 Å². The molecule has 1 aromatic carbocycles. The number of thioether (sulfide) groups is 1. The molecule has 1 amide bonds. The van der Waals surface area contributed by atoms with Crippen molar-refractivity contribution >= 4 is 50.6 Å². The maximum Gasteiger partial charge on any atom is 0.233 e. The number of hydrogen-bond donors (Lipinski definition) is 1. The Morgan fingerprint density at radius 3 is 3.03 bits per heavy atom. The van der Waals surface area contributed by atoms with E-state index < -0.39 is 0 Å². The lowest BCUT2D eigenvalue weighted by Crippen LogP contribution is -2.40. The molecule has 6 nitrogen and oxygen atoms in total. The molecule has 0 bridgehead atoms. The first-order valence-electron chi connectivity index (χ1n) is 9.48. The largest absolute Gasteiger partial charge is 0.341 e. The summed E-state index contributed by atoms with van der Waals surface area (Å²) in [5.74, 6) is 1.57. The van der Waals surface area contributed by atoms with E-state index in [2.05, 4.69) is 27.3 Å². The lowest BCUT2D eigenvalue weighted by Gasteiger charge is -2.31. The molecule has 1 aliphatic heterocycles. The van der Waals surface area contributed by atoms with Gasteiger partial charge in [0.1, 0.15) is 0 Å². The van der Waals surface area contributed by atoms with Crippen LogP contribution in [0.1, 0.15) is 23.8 Å². The number of thiazole rings is 1. The summed E-state index contributed by atoms with van der Waals surface area (Å²) < 4.78 is 1.22. The highest BCUT2D eigenvalue weighted by atomic mass is 32.2. The smallest absolute Gasteiger partial charge is 0.233 e. The average molecular weight is 442 g/mol. The first kappa shape index (κ1) is 18.8. The number of carbonyl (C=O) groups is 1. The number of H-pyrrole nitrogens is 1. The number of aromatic amines is 1. The zero-order valence-corrected chi connectivity index (χ0v) is 18.0. The maximum atomic E-state index is 12.8. The third-order valence-corrected chi connectivity index (χ3v) is 7.89. The number of fused-ring (bicyclic) bond motifs is 1. The fourth-order valence-electron chi connectivity index (χ4n) is 3.52. The number of para-hydroxylation sites is 1. The summed E-state index contributed by atoms with van der Waals surface area (Å²) in [5, 5.41) is 10.9. The minimum Gasteiger partial charge on any atom is -0.341 e. The molecule has 0 saturated carbocycles. The van der Waals surface area contributed by atoms with Crippen LogP contribution < -0.4 is 0 Å². The van der Waals surface area contributed by atoms with Crippen molar-refractivity contribution < 1.29 is 4.79 Å². The number of benzene rings is 1. The molecule has 0 spiro atoms. The van der Waals surface area contributed by atoms with E-state index in [1.165, 1.54) is 16.5 Å². The fourth-order valence-corrected chi connectivity index (χ4v) is 5.98. The zero-order valence-electron chi connectivity index (χ0n) is 15.6. The molecular formula is C20H19N5OS3. The van der Waals surface area contributed by atoms with Gasteiger partial charge in [-0.15, -0.1) is 27.8 Å². The topological polar surface area (TPSA) is 74.8 Å². The second-order valence-electron chi connectivity index (χ2n) is 6.93. The second kappa shape index (κ2) is 8.25. The van der Waals surface area contributed by atoms with Crippen molar-refractivity contribution in [3.8, 4) is 10.7 Å². The lowest BCUT2D eigenvalue weighted by molar-refractivity contribution is -0.129. The van der Waals surface area contributed by atoms with Crippen molar-refractivity contribution in [2.75, 3.05) is 18.8 Å². The Morgan fingerprint density at radius 1 is 1.24 bits per heavy atom. The van der Waals surface area contributed by atoms with Crippen LogP contribution in [0.3, 0.4) is 0 Å². The van der Waals surface area contributed by atoms with Gasteiger partial charge in [-0.1, -0.05) is 30.0 Å². The van der Waals surface area contributed by atoms with Crippen LogP contribution in [0.2, 0.25) is 0 Å². The van der Waals surface area contributed by atoms with Gasteiger partial charge in [0, 0.05) is 19.0 Å². The van der Waals surface area contributed by atoms with Crippen LogP contribution in [-0.2, 0) is 4.79 Å². The summed E-state index contributed by atoms with van der Waals surface area (Å²) in [6.07, 6.45) is 2.10. The van der Waals surface area contributed by atoms with E-state index in [4.69, 9.17) is 4.98 Å². The SMILES string of the molecule is O=C(CSc1n[nH]c(-c2cccs2)n1)N1CCC[C@@H](c2nc3ccccc3s2)C1. The Morgan fingerprint density at radius 2 is 2.17 bits per heavy atom. The standard InChI is InChI=1S/C20H19N5OS3/c26-17(12-28-20-22-18(23-24-20)16-8-4-10-27-16)25-9-3-5-13(11-25)19-21-14-6-1-2-7-15(14)29-19/h1-2,4,6-8,10,13H,3,5,9,11-12H2,(H,22,23,24)/t13-/m1/s1. The summed E-state index contributed by atoms with van der Waals surface area (Å²) in [7, 11) is 0. The molecule has 1 saturated heterocycles. The van der Waals surface area contributed by atoms with E-state index in [1.54, 1.807) is 22.7 Å². The van der Waals surface area contributed by atoms with Gasteiger partial charge in [0.2, 0.25) is 11.1 Å². The zero-order chi connectivity index (χ0) is 19.6.